The third kappa shape index (κ3) is 4.67. The van der Waals surface area contributed by atoms with Crippen molar-refractivity contribution in [2.45, 2.75) is 26.7 Å². The minimum Gasteiger partial charge on any atom is -0.331 e. The molecular weight excluding hydrogens is 290 g/mol. The van der Waals surface area contributed by atoms with Crippen molar-refractivity contribution >= 4 is 29.2 Å². The zero-order valence-corrected chi connectivity index (χ0v) is 13.9. The minimum absolute atomic E-state index is 0.234. The zero-order valence-electron chi connectivity index (χ0n) is 13.1. The first kappa shape index (κ1) is 16.2. The van der Waals surface area contributed by atoms with Crippen molar-refractivity contribution in [3.05, 3.63) is 65.2 Å². The van der Waals surface area contributed by atoms with Crippen LogP contribution in [0.15, 0.2) is 53.6 Å². The first-order chi connectivity index (χ1) is 10.6. The number of hydrogen-bond donors (Lipinski definition) is 2. The van der Waals surface area contributed by atoms with Crippen molar-refractivity contribution in [2.24, 2.45) is 5.10 Å². The summed E-state index contributed by atoms with van der Waals surface area (Å²) in [5.74, 6) is 0.234. The van der Waals surface area contributed by atoms with Crippen LogP contribution in [0.3, 0.4) is 0 Å². The van der Waals surface area contributed by atoms with Crippen molar-refractivity contribution in [3.63, 3.8) is 0 Å². The summed E-state index contributed by atoms with van der Waals surface area (Å²) in [6.07, 6.45) is 1.85. The van der Waals surface area contributed by atoms with E-state index in [0.717, 1.165) is 11.3 Å². The molecule has 0 saturated carbocycles. The van der Waals surface area contributed by atoms with Crippen molar-refractivity contribution in [2.75, 3.05) is 5.32 Å². The highest BCUT2D eigenvalue weighted by Crippen LogP contribution is 2.16. The molecule has 2 rings (SSSR count). The van der Waals surface area contributed by atoms with Gasteiger partial charge in [0.1, 0.15) is 0 Å². The second-order valence-electron chi connectivity index (χ2n) is 5.36. The maximum atomic E-state index is 5.27. The number of nitrogens with one attached hydrogen (secondary N) is 2. The Morgan fingerprint density at radius 3 is 2.59 bits per heavy atom. The molecular formula is C18H21N3S. The molecule has 4 heteroatoms. The van der Waals surface area contributed by atoms with Crippen LogP contribution >= 0.6 is 12.2 Å². The molecule has 0 aliphatic heterocycles. The van der Waals surface area contributed by atoms with Crippen LogP contribution in [0.2, 0.25) is 0 Å². The van der Waals surface area contributed by atoms with E-state index in [1.165, 1.54) is 11.1 Å². The van der Waals surface area contributed by atoms with Gasteiger partial charge in [-0.25, -0.2) is 0 Å². The van der Waals surface area contributed by atoms with Crippen LogP contribution in [0, 0.1) is 13.8 Å². The fourth-order valence-corrected chi connectivity index (χ4v) is 2.23. The quantitative estimate of drug-likeness (QED) is 0.500. The summed E-state index contributed by atoms with van der Waals surface area (Å²) in [6, 6.07) is 16.5. The highest BCUT2D eigenvalue weighted by molar-refractivity contribution is 7.80. The molecule has 2 N–H and O–H groups in total. The molecule has 0 aliphatic rings. The summed E-state index contributed by atoms with van der Waals surface area (Å²) in [5.41, 5.74) is 7.44. The summed E-state index contributed by atoms with van der Waals surface area (Å²) >= 11 is 5.27. The number of anilines is 1. The average molecular weight is 311 g/mol. The molecule has 0 amide bonds. The van der Waals surface area contributed by atoms with Crippen molar-refractivity contribution in [1.29, 1.82) is 0 Å². The molecule has 0 heterocycles. The number of hydrogen-bond acceptors (Lipinski definition) is 2. The Hall–Kier alpha value is -2.20. The molecule has 0 saturated heterocycles. The molecule has 0 aromatic heterocycles. The zero-order chi connectivity index (χ0) is 15.9. The molecule has 0 radical (unpaired) electrons. The van der Waals surface area contributed by atoms with Gasteiger partial charge < -0.3 is 5.32 Å². The van der Waals surface area contributed by atoms with Crippen LogP contribution in [-0.4, -0.2) is 11.3 Å². The van der Waals surface area contributed by atoms with Gasteiger partial charge in [0, 0.05) is 17.8 Å². The van der Waals surface area contributed by atoms with E-state index in [1.54, 1.807) is 0 Å². The smallest absolute Gasteiger partial charge is 0.191 e. The predicted octanol–water partition coefficient (Wildman–Crippen LogP) is 4.38. The van der Waals surface area contributed by atoms with E-state index in [0.29, 0.717) is 5.11 Å². The summed E-state index contributed by atoms with van der Waals surface area (Å²) in [4.78, 5) is 0. The number of benzene rings is 2. The Morgan fingerprint density at radius 1 is 1.14 bits per heavy atom. The minimum atomic E-state index is 0.234. The highest BCUT2D eigenvalue weighted by atomic mass is 32.1. The van der Waals surface area contributed by atoms with Gasteiger partial charge >= 0.3 is 0 Å². The fourth-order valence-electron chi connectivity index (χ4n) is 2.07. The first-order valence-electron chi connectivity index (χ1n) is 7.28. The van der Waals surface area contributed by atoms with Crippen LogP contribution in [-0.2, 0) is 0 Å². The predicted molar refractivity (Wildman–Crippen MR) is 98.6 cm³/mol. The van der Waals surface area contributed by atoms with E-state index in [1.807, 2.05) is 31.3 Å². The van der Waals surface area contributed by atoms with E-state index in [9.17, 15) is 0 Å². The van der Waals surface area contributed by atoms with Gasteiger partial charge in [-0.1, -0.05) is 49.4 Å². The van der Waals surface area contributed by atoms with Crippen LogP contribution in [0.25, 0.3) is 0 Å². The second-order valence-corrected chi connectivity index (χ2v) is 5.77. The monoisotopic (exact) mass is 311 g/mol. The average Bonchev–Trinajstić information content (AvgIpc) is 2.51. The topological polar surface area (TPSA) is 36.4 Å². The Balaban J connectivity index is 1.90. The number of rotatable bonds is 4. The number of aryl methyl sites for hydroxylation is 2. The third-order valence-corrected chi connectivity index (χ3v) is 3.62. The van der Waals surface area contributed by atoms with E-state index < -0.39 is 0 Å². The van der Waals surface area contributed by atoms with E-state index in [2.05, 4.69) is 60.0 Å². The largest absolute Gasteiger partial charge is 0.331 e. The van der Waals surface area contributed by atoms with Crippen LogP contribution in [0.4, 0.5) is 5.69 Å². The fraction of sp³-hybridized carbons (Fsp3) is 0.222. The second kappa shape index (κ2) is 7.71. The van der Waals surface area contributed by atoms with Crippen LogP contribution in [0.5, 0.6) is 0 Å². The lowest BCUT2D eigenvalue weighted by atomic mass is 10.0. The third-order valence-electron chi connectivity index (χ3n) is 3.43. The van der Waals surface area contributed by atoms with Gasteiger partial charge in [-0.3, -0.25) is 5.43 Å². The lowest BCUT2D eigenvalue weighted by molar-refractivity contribution is 0.983. The van der Waals surface area contributed by atoms with Gasteiger partial charge in [0.05, 0.1) is 0 Å². The normalized spacial score (nSPS) is 12.1. The lowest BCUT2D eigenvalue weighted by Crippen LogP contribution is -2.24. The first-order valence-corrected chi connectivity index (χ1v) is 7.69. The molecule has 0 aliphatic carbocycles. The van der Waals surface area contributed by atoms with Gasteiger partial charge in [0.2, 0.25) is 0 Å². The molecule has 0 bridgehead atoms. The van der Waals surface area contributed by atoms with E-state index in [4.69, 9.17) is 12.2 Å². The number of hydrazone groups is 1. The Bertz CT molecular complexity index is 665. The van der Waals surface area contributed by atoms with Gasteiger partial charge in [0.15, 0.2) is 5.11 Å². The van der Waals surface area contributed by atoms with Gasteiger partial charge in [-0.05, 0) is 48.8 Å². The van der Waals surface area contributed by atoms with Crippen molar-refractivity contribution in [3.8, 4) is 0 Å². The van der Waals surface area contributed by atoms with Gasteiger partial charge in [-0.2, -0.15) is 5.10 Å². The standard InChI is InChI=1S/C18H21N3S/c1-13-9-10-14(2)17(11-13)20-18(22)21-19-12-15(3)16-7-5-4-6-8-16/h4-12,15H,1-3H3,(H2,20,21,22)/b19-12-/t15-/m1/s1. The van der Waals surface area contributed by atoms with Gasteiger partial charge in [-0.15, -0.1) is 0 Å². The molecule has 0 unspecified atom stereocenters. The molecule has 0 spiro atoms. The summed E-state index contributed by atoms with van der Waals surface area (Å²) in [7, 11) is 0. The lowest BCUT2D eigenvalue weighted by Gasteiger charge is -2.11. The molecule has 3 nitrogen and oxygen atoms in total. The van der Waals surface area contributed by atoms with E-state index in [-0.39, 0.29) is 5.92 Å². The Morgan fingerprint density at radius 2 is 1.86 bits per heavy atom. The van der Waals surface area contributed by atoms with Crippen molar-refractivity contribution < 1.29 is 0 Å². The molecule has 1 atom stereocenters. The SMILES string of the molecule is Cc1ccc(C)c(NC(=S)N/N=C\[C@@H](C)c2ccccc2)c1. The van der Waals surface area contributed by atoms with Crippen LogP contribution < -0.4 is 10.7 Å². The molecule has 2 aromatic rings. The van der Waals surface area contributed by atoms with Crippen LogP contribution in [0.1, 0.15) is 29.5 Å². The molecule has 2 aromatic carbocycles. The Labute approximate surface area is 137 Å². The highest BCUT2D eigenvalue weighted by Gasteiger charge is 2.02. The van der Waals surface area contributed by atoms with E-state index >= 15 is 0 Å². The van der Waals surface area contributed by atoms with Crippen molar-refractivity contribution in [1.82, 2.24) is 5.43 Å². The molecule has 0 fully saturated rings. The summed E-state index contributed by atoms with van der Waals surface area (Å²) in [5, 5.41) is 7.88. The molecule has 114 valence electrons. The maximum Gasteiger partial charge on any atom is 0.191 e. The number of thiocarbonyl (C=S) groups is 1. The summed E-state index contributed by atoms with van der Waals surface area (Å²) in [6.45, 7) is 6.20. The summed E-state index contributed by atoms with van der Waals surface area (Å²) < 4.78 is 0. The maximum absolute atomic E-state index is 5.27. The Kier molecular flexibility index (Phi) is 5.67. The molecule has 22 heavy (non-hydrogen) atoms. The number of nitrogens with zero attached hydrogens (tertiary/aromatic N) is 1. The van der Waals surface area contributed by atoms with Gasteiger partial charge in [0.25, 0.3) is 0 Å².